The highest BCUT2D eigenvalue weighted by atomic mass is 35.5. The Morgan fingerprint density at radius 2 is 0.805 bits per heavy atom. The van der Waals surface area contributed by atoms with Crippen molar-refractivity contribution in [3.8, 4) is 28.5 Å². The van der Waals surface area contributed by atoms with E-state index < -0.39 is 0 Å². The van der Waals surface area contributed by atoms with Crippen molar-refractivity contribution >= 4 is 161 Å². The molecule has 0 radical (unpaired) electrons. The third kappa shape index (κ3) is 16.8. The number of para-hydroxylation sites is 5. The number of benzene rings is 9. The second-order valence-electron chi connectivity index (χ2n) is 29.5. The molecular weight excluding hydrogens is 1660 g/mol. The van der Waals surface area contributed by atoms with E-state index in [9.17, 15) is 19.2 Å². The number of aryl methyl sites for hydroxylation is 1. The second kappa shape index (κ2) is 36.2. The molecule has 9 aromatic carbocycles. The normalized spacial score (nSPS) is 13.4. The SMILES string of the molecule is C[C@H](NC1CCOc2ccccc21)c1cc2cccc(Cl)c2c(=O)n1-c1ccccc1.C[C@H](Nc1ncnc2ccsc12)c1cc2cccc(Cl)c2c(=O)n1-c1ccccc1.C[C@H](Nc1ncnc2ncccc12)c1cc2cccc(Cl)c2c(=O)n1-c1ccccc1.Cc1csc2ncnc(N[C@@H](C)c3cc4cccc(Cl)c4c(=O)n3-c3ccccc3)c12. The van der Waals surface area contributed by atoms with Gasteiger partial charge in [-0.25, -0.2) is 34.9 Å². The maximum atomic E-state index is 13.6. The summed E-state index contributed by atoms with van der Waals surface area (Å²) < 4.78 is 13.7. The third-order valence-electron chi connectivity index (χ3n) is 21.6. The van der Waals surface area contributed by atoms with Gasteiger partial charge in [0.2, 0.25) is 0 Å². The molecule has 19 aromatic rings. The van der Waals surface area contributed by atoms with E-state index in [1.165, 1.54) is 6.33 Å². The Labute approximate surface area is 733 Å². The van der Waals surface area contributed by atoms with Crippen LogP contribution >= 0.6 is 69.1 Å². The van der Waals surface area contributed by atoms with Crippen molar-refractivity contribution in [3.63, 3.8) is 0 Å². The van der Waals surface area contributed by atoms with Crippen LogP contribution in [-0.4, -0.2) is 59.8 Å². The van der Waals surface area contributed by atoms with Crippen LogP contribution in [0.5, 0.6) is 5.75 Å². The minimum atomic E-state index is -0.241. The van der Waals surface area contributed by atoms with Crippen LogP contribution in [0.2, 0.25) is 20.1 Å². The van der Waals surface area contributed by atoms with Crippen molar-refractivity contribution in [2.45, 2.75) is 71.2 Å². The summed E-state index contributed by atoms with van der Waals surface area (Å²) in [7, 11) is 0. The van der Waals surface area contributed by atoms with Gasteiger partial charge >= 0.3 is 0 Å². The lowest BCUT2D eigenvalue weighted by atomic mass is 9.98. The molecule has 0 saturated carbocycles. The van der Waals surface area contributed by atoms with Crippen molar-refractivity contribution < 1.29 is 4.74 Å². The molecule has 0 spiro atoms. The van der Waals surface area contributed by atoms with Crippen LogP contribution in [0.1, 0.15) is 98.2 Å². The highest BCUT2D eigenvalue weighted by Crippen LogP contribution is 2.38. The molecule has 11 heterocycles. The van der Waals surface area contributed by atoms with Gasteiger partial charge < -0.3 is 26.0 Å². The Kier molecular flexibility index (Phi) is 24.1. The highest BCUT2D eigenvalue weighted by molar-refractivity contribution is 7.17. The highest BCUT2D eigenvalue weighted by Gasteiger charge is 2.28. The topological polar surface area (TPSA) is 236 Å². The van der Waals surface area contributed by atoms with Crippen LogP contribution in [-0.2, 0) is 0 Å². The van der Waals surface area contributed by atoms with Gasteiger partial charge in [0, 0.05) is 75.8 Å². The molecule has 0 fully saturated rings. The monoisotopic (exact) mass is 1740 g/mol. The smallest absolute Gasteiger partial charge is 0.264 e. The van der Waals surface area contributed by atoms with E-state index in [2.05, 4.69) is 87.5 Å². The molecule has 20 nitrogen and oxygen atoms in total. The average Bonchev–Trinajstić information content (AvgIpc) is 0.813. The van der Waals surface area contributed by atoms with Crippen molar-refractivity contribution in [2.75, 3.05) is 22.6 Å². The number of nitrogens with one attached hydrogen (secondary N) is 4. The number of anilines is 3. The van der Waals surface area contributed by atoms with Gasteiger partial charge in [-0.1, -0.05) is 186 Å². The van der Waals surface area contributed by atoms with Gasteiger partial charge in [0.1, 0.15) is 47.0 Å². The lowest BCUT2D eigenvalue weighted by Crippen LogP contribution is -2.33. The fourth-order valence-electron chi connectivity index (χ4n) is 15.8. The lowest BCUT2D eigenvalue weighted by molar-refractivity contribution is 0.245. The Balaban J connectivity index is 0.000000116. The third-order valence-corrected chi connectivity index (χ3v) is 24.8. The zero-order valence-corrected chi connectivity index (χ0v) is 71.5. The van der Waals surface area contributed by atoms with Crippen molar-refractivity contribution in [1.82, 2.24) is 58.5 Å². The molecule has 0 aliphatic carbocycles. The van der Waals surface area contributed by atoms with E-state index in [1.807, 2.05) is 251 Å². The molecule has 1 aliphatic heterocycles. The number of ether oxygens (including phenoxy) is 1. The van der Waals surface area contributed by atoms with E-state index in [-0.39, 0.29) is 52.4 Å². The van der Waals surface area contributed by atoms with E-state index in [0.29, 0.717) is 59.7 Å². The van der Waals surface area contributed by atoms with Crippen molar-refractivity contribution in [2.24, 2.45) is 0 Å². The first-order valence-electron chi connectivity index (χ1n) is 39.7. The van der Waals surface area contributed by atoms with E-state index in [0.717, 1.165) is 128 Å². The summed E-state index contributed by atoms with van der Waals surface area (Å²) in [5.74, 6) is 3.09. The molecule has 1 aliphatic rings. The van der Waals surface area contributed by atoms with Crippen molar-refractivity contribution in [3.05, 3.63) is 392 Å². The largest absolute Gasteiger partial charge is 0.493 e. The first-order chi connectivity index (χ1) is 59.9. The van der Waals surface area contributed by atoms with Crippen LogP contribution < -0.4 is 48.2 Å². The molecule has 10 aromatic heterocycles. The Morgan fingerprint density at radius 1 is 0.398 bits per heavy atom. The van der Waals surface area contributed by atoms with Crippen LogP contribution in [0, 0.1) is 6.92 Å². The van der Waals surface area contributed by atoms with Crippen LogP contribution in [0.15, 0.2) is 316 Å². The quantitative estimate of drug-likeness (QED) is 0.0704. The van der Waals surface area contributed by atoms with Gasteiger partial charge in [0.25, 0.3) is 22.2 Å². The van der Waals surface area contributed by atoms with Gasteiger partial charge in [0.05, 0.1) is 87.4 Å². The first kappa shape index (κ1) is 82.0. The number of thiophene rings is 2. The summed E-state index contributed by atoms with van der Waals surface area (Å²) in [5, 5.41) is 27.2. The Morgan fingerprint density at radius 3 is 1.28 bits per heavy atom. The fourth-order valence-corrected chi connectivity index (χ4v) is 18.5. The number of nitrogens with zero attached hydrogens (tertiary/aromatic N) is 11. The van der Waals surface area contributed by atoms with Crippen LogP contribution in [0.25, 0.3) is 97.3 Å². The molecule has 1 unspecified atom stereocenters. The number of hydrogen-bond acceptors (Lipinski definition) is 18. The average molecular weight is 1740 g/mol. The molecule has 123 heavy (non-hydrogen) atoms. The maximum Gasteiger partial charge on any atom is 0.264 e. The summed E-state index contributed by atoms with van der Waals surface area (Å²) in [6, 6.07) is 82.0. The zero-order valence-electron chi connectivity index (χ0n) is 66.9. The van der Waals surface area contributed by atoms with Gasteiger partial charge in [-0.15, -0.1) is 22.7 Å². The summed E-state index contributed by atoms with van der Waals surface area (Å²) >= 11 is 28.8. The van der Waals surface area contributed by atoms with Crippen LogP contribution in [0.4, 0.5) is 17.5 Å². The van der Waals surface area contributed by atoms with E-state index >= 15 is 0 Å². The number of pyridine rings is 5. The van der Waals surface area contributed by atoms with Gasteiger partial charge in [-0.3, -0.25) is 37.4 Å². The minimum Gasteiger partial charge on any atom is -0.493 e. The Hall–Kier alpha value is -13.3. The molecule has 4 N–H and O–H groups in total. The minimum absolute atomic E-state index is 0.0764. The fraction of sp³-hybridized carbons (Fsp3) is 0.124. The number of rotatable bonds is 16. The zero-order chi connectivity index (χ0) is 84.9. The Bertz CT molecular complexity index is 7420. The lowest BCUT2D eigenvalue weighted by Gasteiger charge is -2.30. The molecular formula is C97H77Cl4N15O5S2. The number of hydrogen-bond donors (Lipinski definition) is 4. The summed E-state index contributed by atoms with van der Waals surface area (Å²) in [4.78, 5) is 85.7. The number of aromatic nitrogens is 11. The van der Waals surface area contributed by atoms with Crippen LogP contribution in [0.3, 0.4) is 0 Å². The molecule has 20 rings (SSSR count). The van der Waals surface area contributed by atoms with Gasteiger partial charge in [0.15, 0.2) is 5.65 Å². The van der Waals surface area contributed by atoms with Gasteiger partial charge in [-0.05, 0) is 194 Å². The predicted octanol–water partition coefficient (Wildman–Crippen LogP) is 22.9. The van der Waals surface area contributed by atoms with Gasteiger partial charge in [-0.2, -0.15) is 0 Å². The second-order valence-corrected chi connectivity index (χ2v) is 32.9. The molecule has 26 heteroatoms. The predicted molar refractivity (Wildman–Crippen MR) is 502 cm³/mol. The molecule has 0 amide bonds. The number of fused-ring (bicyclic) bond motifs is 8. The summed E-state index contributed by atoms with van der Waals surface area (Å²) in [6.07, 6.45) is 7.17. The standard InChI is InChI=1S/C26H23ClN2O2.C24H18ClN5O.C24H19ClN4OS.C23H17ClN4OS/c1-17(28-22-14-15-31-24-13-6-5-11-20(22)24)23-16-18-8-7-12-21(27)25(18)26(30)29(23)19-9-3-2-4-10-19;1-15(29-23-18-10-6-12-26-22(18)27-14-28-23)20-13-16-7-5-11-19(25)21(16)24(31)30(20)17-8-3-2-4-9-17;1-14-12-31-23-20(14)22(26-13-27-23)28-15(2)19-11-16-7-6-10-18(25)21(16)24(30)29(19)17-8-4-3-5-9-17;1-14(27-22-21-18(10-11-30-21)25-13-26-22)19-12-15-6-5-9-17(24)20(15)23(29)28(19)16-7-3-2-4-8-16/h2-13,16-17,22,28H,14-15H2,1H3;2-15H,1H3,(H,26,27,28,29);3-13,15H,1-2H3,(H,26,27,28);2-14H,1H3,(H,25,26,27)/t17-,22?;2*15-;14-/m0000/s1. The maximum absolute atomic E-state index is 13.6. The first-order valence-corrected chi connectivity index (χ1v) is 43.0. The molecule has 610 valence electrons. The number of halogens is 4. The van der Waals surface area contributed by atoms with E-state index in [4.69, 9.17) is 51.1 Å². The van der Waals surface area contributed by atoms with Crippen molar-refractivity contribution in [1.29, 1.82) is 0 Å². The van der Waals surface area contributed by atoms with E-state index in [1.54, 1.807) is 84.1 Å². The molecule has 5 atom stereocenters. The summed E-state index contributed by atoms with van der Waals surface area (Å²) in [5.41, 5.74) is 9.75. The summed E-state index contributed by atoms with van der Waals surface area (Å²) in [6.45, 7) is 10.9. The molecule has 0 bridgehead atoms. The molecule has 0 saturated heterocycles.